The van der Waals surface area contributed by atoms with E-state index in [1.54, 1.807) is 7.05 Å². The molecule has 1 aromatic carbocycles. The minimum atomic E-state index is -1.22. The van der Waals surface area contributed by atoms with Crippen molar-refractivity contribution < 1.29 is 13.2 Å². The fourth-order valence-corrected chi connectivity index (χ4v) is 2.05. The highest BCUT2D eigenvalue weighted by Gasteiger charge is 2.17. The molecule has 20 heavy (non-hydrogen) atoms. The summed E-state index contributed by atoms with van der Waals surface area (Å²) in [5.74, 6) is -2.61. The molecule has 0 bridgehead atoms. The topological polar surface area (TPSA) is 37.8 Å². The number of aromatic nitrogens is 2. The highest BCUT2D eigenvalue weighted by molar-refractivity contribution is 5.68. The van der Waals surface area contributed by atoms with Crippen LogP contribution in [0, 0.1) is 17.5 Å². The third kappa shape index (κ3) is 2.59. The van der Waals surface area contributed by atoms with Gasteiger partial charge >= 0.3 is 0 Å². The Morgan fingerprint density at radius 1 is 1.05 bits per heavy atom. The minimum Gasteiger partial charge on any atom is -0.373 e. The van der Waals surface area contributed by atoms with E-state index in [1.807, 2.05) is 6.92 Å². The summed E-state index contributed by atoms with van der Waals surface area (Å²) in [6.07, 6.45) is 2.66. The van der Waals surface area contributed by atoms with E-state index in [9.17, 15) is 13.2 Å². The Balaban J connectivity index is 2.66. The van der Waals surface area contributed by atoms with E-state index in [-0.39, 0.29) is 11.3 Å². The molecule has 0 radical (unpaired) electrons. The molecule has 0 atom stereocenters. The first-order valence-corrected chi connectivity index (χ1v) is 6.25. The average Bonchev–Trinajstić information content (AvgIpc) is 2.43. The SMILES string of the molecule is CCCc1c(NC)ncnc1-c1cc(F)c(F)cc1F. The van der Waals surface area contributed by atoms with E-state index < -0.39 is 17.5 Å². The fraction of sp³-hybridized carbons (Fsp3) is 0.286. The molecule has 0 saturated heterocycles. The first kappa shape index (κ1) is 14.3. The molecule has 0 fully saturated rings. The highest BCUT2D eigenvalue weighted by Crippen LogP contribution is 2.30. The third-order valence-corrected chi connectivity index (χ3v) is 2.95. The van der Waals surface area contributed by atoms with Crippen molar-refractivity contribution in [2.75, 3.05) is 12.4 Å². The molecule has 106 valence electrons. The van der Waals surface area contributed by atoms with Crippen molar-refractivity contribution in [3.63, 3.8) is 0 Å². The van der Waals surface area contributed by atoms with Gasteiger partial charge < -0.3 is 5.32 Å². The lowest BCUT2D eigenvalue weighted by molar-refractivity contribution is 0.496. The van der Waals surface area contributed by atoms with Crippen LogP contribution in [0.25, 0.3) is 11.3 Å². The molecule has 0 aliphatic heterocycles. The Morgan fingerprint density at radius 2 is 1.75 bits per heavy atom. The summed E-state index contributed by atoms with van der Waals surface area (Å²) in [7, 11) is 1.69. The molecule has 0 aliphatic carbocycles. The van der Waals surface area contributed by atoms with Crippen molar-refractivity contribution in [2.45, 2.75) is 19.8 Å². The number of anilines is 1. The third-order valence-electron chi connectivity index (χ3n) is 2.95. The summed E-state index contributed by atoms with van der Waals surface area (Å²) in [5.41, 5.74) is 0.899. The summed E-state index contributed by atoms with van der Waals surface area (Å²) in [4.78, 5) is 8.09. The largest absolute Gasteiger partial charge is 0.373 e. The van der Waals surface area contributed by atoms with Crippen molar-refractivity contribution in [1.82, 2.24) is 9.97 Å². The van der Waals surface area contributed by atoms with Gasteiger partial charge in [-0.15, -0.1) is 0 Å². The lowest BCUT2D eigenvalue weighted by atomic mass is 10.0. The van der Waals surface area contributed by atoms with E-state index in [0.717, 1.165) is 12.5 Å². The summed E-state index contributed by atoms with van der Waals surface area (Å²) >= 11 is 0. The molecule has 2 aromatic rings. The first-order chi connectivity index (χ1) is 9.58. The summed E-state index contributed by atoms with van der Waals surface area (Å²) < 4.78 is 40.2. The molecular formula is C14H14F3N3. The van der Waals surface area contributed by atoms with Gasteiger partial charge in [-0.1, -0.05) is 13.3 Å². The van der Waals surface area contributed by atoms with Crippen molar-refractivity contribution in [3.8, 4) is 11.3 Å². The van der Waals surface area contributed by atoms with Crippen molar-refractivity contribution >= 4 is 5.82 Å². The molecule has 1 aromatic heterocycles. The second-order valence-corrected chi connectivity index (χ2v) is 4.30. The van der Waals surface area contributed by atoms with Gasteiger partial charge in [0, 0.05) is 24.2 Å². The van der Waals surface area contributed by atoms with Crippen LogP contribution in [-0.4, -0.2) is 17.0 Å². The summed E-state index contributed by atoms with van der Waals surface area (Å²) in [6, 6.07) is 1.35. The van der Waals surface area contributed by atoms with Crippen molar-refractivity contribution in [1.29, 1.82) is 0 Å². The standard InChI is InChI=1S/C14H14F3N3/c1-3-4-8-13(19-7-20-14(8)18-2)9-5-11(16)12(17)6-10(9)15/h5-7H,3-4H2,1-2H3,(H,18,19,20). The molecule has 2 rings (SSSR count). The molecule has 0 aliphatic rings. The molecule has 6 heteroatoms. The lowest BCUT2D eigenvalue weighted by Crippen LogP contribution is -2.04. The van der Waals surface area contributed by atoms with Gasteiger partial charge in [0.2, 0.25) is 0 Å². The van der Waals surface area contributed by atoms with E-state index in [2.05, 4.69) is 15.3 Å². The van der Waals surface area contributed by atoms with Crippen molar-refractivity contribution in [3.05, 3.63) is 41.5 Å². The maximum absolute atomic E-state index is 13.9. The van der Waals surface area contributed by atoms with Gasteiger partial charge in [0.25, 0.3) is 0 Å². The number of benzene rings is 1. The van der Waals surface area contributed by atoms with Crippen molar-refractivity contribution in [2.24, 2.45) is 0 Å². The average molecular weight is 281 g/mol. The van der Waals surface area contributed by atoms with Gasteiger partial charge in [0.1, 0.15) is 18.0 Å². The summed E-state index contributed by atoms with van der Waals surface area (Å²) in [6.45, 7) is 1.96. The molecule has 0 amide bonds. The molecule has 1 heterocycles. The lowest BCUT2D eigenvalue weighted by Gasteiger charge is -2.13. The van der Waals surface area contributed by atoms with Crippen LogP contribution in [0.15, 0.2) is 18.5 Å². The summed E-state index contributed by atoms with van der Waals surface area (Å²) in [5, 5.41) is 2.89. The Kier molecular flexibility index (Phi) is 4.22. The molecule has 0 spiro atoms. The molecule has 0 unspecified atom stereocenters. The van der Waals surface area contributed by atoms with Crippen LogP contribution in [-0.2, 0) is 6.42 Å². The first-order valence-electron chi connectivity index (χ1n) is 6.25. The molecule has 0 saturated carbocycles. The van der Waals surface area contributed by atoms with Crippen LogP contribution in [0.1, 0.15) is 18.9 Å². The maximum atomic E-state index is 13.9. The van der Waals surface area contributed by atoms with Gasteiger partial charge in [-0.2, -0.15) is 0 Å². The zero-order valence-electron chi connectivity index (χ0n) is 11.2. The Bertz CT molecular complexity index is 629. The zero-order chi connectivity index (χ0) is 14.7. The Labute approximate surface area is 114 Å². The normalized spacial score (nSPS) is 10.7. The Morgan fingerprint density at radius 3 is 2.40 bits per heavy atom. The predicted octanol–water partition coefficient (Wildman–Crippen LogP) is 3.56. The number of nitrogens with zero attached hydrogens (tertiary/aromatic N) is 2. The maximum Gasteiger partial charge on any atom is 0.161 e. The molecular weight excluding hydrogens is 267 g/mol. The van der Waals surface area contributed by atoms with Gasteiger partial charge in [-0.05, 0) is 12.5 Å². The number of hydrogen-bond acceptors (Lipinski definition) is 3. The fourth-order valence-electron chi connectivity index (χ4n) is 2.05. The Hall–Kier alpha value is -2.11. The van der Waals surface area contributed by atoms with Gasteiger partial charge in [0.15, 0.2) is 11.6 Å². The van der Waals surface area contributed by atoms with Crippen LogP contribution in [0.2, 0.25) is 0 Å². The number of hydrogen-bond donors (Lipinski definition) is 1. The number of rotatable bonds is 4. The predicted molar refractivity (Wildman–Crippen MR) is 70.9 cm³/mol. The second-order valence-electron chi connectivity index (χ2n) is 4.30. The number of nitrogens with one attached hydrogen (secondary N) is 1. The van der Waals surface area contributed by atoms with Crippen LogP contribution in [0.4, 0.5) is 19.0 Å². The highest BCUT2D eigenvalue weighted by atomic mass is 19.2. The van der Waals surface area contributed by atoms with E-state index >= 15 is 0 Å². The van der Waals surface area contributed by atoms with Crippen LogP contribution in [0.5, 0.6) is 0 Å². The quantitative estimate of drug-likeness (QED) is 0.871. The van der Waals surface area contributed by atoms with Gasteiger partial charge in [0.05, 0.1) is 5.69 Å². The molecule has 1 N–H and O–H groups in total. The monoisotopic (exact) mass is 281 g/mol. The van der Waals surface area contributed by atoms with Crippen LogP contribution in [0.3, 0.4) is 0 Å². The van der Waals surface area contributed by atoms with Crippen LogP contribution >= 0.6 is 0 Å². The van der Waals surface area contributed by atoms with E-state index in [1.165, 1.54) is 6.33 Å². The van der Waals surface area contributed by atoms with Gasteiger partial charge in [-0.25, -0.2) is 23.1 Å². The van der Waals surface area contributed by atoms with Gasteiger partial charge in [-0.3, -0.25) is 0 Å². The van der Waals surface area contributed by atoms with E-state index in [0.29, 0.717) is 23.9 Å². The number of halogens is 3. The minimum absolute atomic E-state index is 0.0637. The smallest absolute Gasteiger partial charge is 0.161 e. The van der Waals surface area contributed by atoms with E-state index in [4.69, 9.17) is 0 Å². The molecule has 3 nitrogen and oxygen atoms in total. The van der Waals surface area contributed by atoms with Crippen LogP contribution < -0.4 is 5.32 Å². The zero-order valence-corrected chi connectivity index (χ0v) is 11.2. The second kappa shape index (κ2) is 5.90.